The third kappa shape index (κ3) is 4.66. The van der Waals surface area contributed by atoms with Gasteiger partial charge in [-0.1, -0.05) is 19.0 Å². The Morgan fingerprint density at radius 2 is 2.17 bits per heavy atom. The molecule has 0 fully saturated rings. The molecule has 1 aromatic rings. The zero-order valence-electron chi connectivity index (χ0n) is 11.3. The largest absolute Gasteiger partial charge is 0.351 e. The molecule has 0 aliphatic carbocycles. The van der Waals surface area contributed by atoms with Crippen molar-refractivity contribution < 1.29 is 9.32 Å². The second-order valence-electron chi connectivity index (χ2n) is 4.33. The molecule has 18 heavy (non-hydrogen) atoms. The molecule has 0 saturated heterocycles. The summed E-state index contributed by atoms with van der Waals surface area (Å²) >= 11 is 0. The van der Waals surface area contributed by atoms with Crippen LogP contribution in [-0.2, 0) is 0 Å². The summed E-state index contributed by atoms with van der Waals surface area (Å²) in [5.41, 5.74) is 0.833. The van der Waals surface area contributed by atoms with Crippen LogP contribution in [0.25, 0.3) is 0 Å². The summed E-state index contributed by atoms with van der Waals surface area (Å²) in [6.45, 7) is 6.69. The van der Waals surface area contributed by atoms with Crippen LogP contribution in [0.2, 0.25) is 0 Å². The smallest absolute Gasteiger partial charge is 0.289 e. The van der Waals surface area contributed by atoms with Gasteiger partial charge in [0, 0.05) is 24.6 Å². The third-order valence-electron chi connectivity index (χ3n) is 2.93. The van der Waals surface area contributed by atoms with Gasteiger partial charge in [-0.15, -0.1) is 12.4 Å². The Labute approximate surface area is 114 Å². The molecule has 1 heterocycles. The van der Waals surface area contributed by atoms with E-state index in [1.165, 1.54) is 0 Å². The van der Waals surface area contributed by atoms with E-state index in [4.69, 9.17) is 4.52 Å². The molecule has 2 N–H and O–H groups in total. The molecule has 1 aromatic heterocycles. The van der Waals surface area contributed by atoms with E-state index in [0.29, 0.717) is 12.5 Å². The number of aromatic nitrogens is 1. The summed E-state index contributed by atoms with van der Waals surface area (Å²) in [7, 11) is 1.85. The molecule has 2 atom stereocenters. The van der Waals surface area contributed by atoms with Crippen molar-refractivity contribution in [3.8, 4) is 0 Å². The van der Waals surface area contributed by atoms with Crippen LogP contribution in [0.4, 0.5) is 0 Å². The maximum atomic E-state index is 11.7. The van der Waals surface area contributed by atoms with Gasteiger partial charge in [0.1, 0.15) is 0 Å². The number of nitrogens with zero attached hydrogens (tertiary/aromatic N) is 1. The number of rotatable bonds is 6. The number of halogens is 1. The van der Waals surface area contributed by atoms with Crippen LogP contribution in [0.1, 0.15) is 49.4 Å². The highest BCUT2D eigenvalue weighted by Crippen LogP contribution is 2.17. The van der Waals surface area contributed by atoms with E-state index in [1.54, 1.807) is 6.07 Å². The minimum absolute atomic E-state index is 0. The summed E-state index contributed by atoms with van der Waals surface area (Å²) in [6, 6.07) is 1.95. The average Bonchev–Trinajstić information content (AvgIpc) is 2.83. The molecule has 0 aliphatic heterocycles. The molecular weight excluding hydrogens is 254 g/mol. The molecule has 0 bridgehead atoms. The van der Waals surface area contributed by atoms with Crippen molar-refractivity contribution in [1.29, 1.82) is 0 Å². The summed E-state index contributed by atoms with van der Waals surface area (Å²) in [5.74, 6) is 0.384. The summed E-state index contributed by atoms with van der Waals surface area (Å²) in [4.78, 5) is 11.7. The second-order valence-corrected chi connectivity index (χ2v) is 4.33. The normalized spacial score (nSPS) is 13.6. The molecule has 0 spiro atoms. The Hall–Kier alpha value is -1.07. The van der Waals surface area contributed by atoms with Crippen molar-refractivity contribution in [2.24, 2.45) is 0 Å². The van der Waals surface area contributed by atoms with Crippen LogP contribution in [-0.4, -0.2) is 30.7 Å². The first kappa shape index (κ1) is 16.9. The Balaban J connectivity index is 0.00000289. The van der Waals surface area contributed by atoms with Gasteiger partial charge >= 0.3 is 0 Å². The van der Waals surface area contributed by atoms with Crippen LogP contribution in [0, 0.1) is 0 Å². The predicted molar refractivity (Wildman–Crippen MR) is 73.3 cm³/mol. The first-order valence-electron chi connectivity index (χ1n) is 6.00. The first-order chi connectivity index (χ1) is 8.08. The lowest BCUT2D eigenvalue weighted by Gasteiger charge is -2.09. The maximum absolute atomic E-state index is 11.7. The monoisotopic (exact) mass is 275 g/mol. The van der Waals surface area contributed by atoms with Gasteiger partial charge in [-0.25, -0.2) is 0 Å². The molecular formula is C12H22ClN3O2. The third-order valence-corrected chi connectivity index (χ3v) is 2.93. The van der Waals surface area contributed by atoms with Gasteiger partial charge in [0.05, 0.1) is 5.69 Å². The van der Waals surface area contributed by atoms with E-state index in [0.717, 1.165) is 12.1 Å². The molecule has 0 aliphatic rings. The standard InChI is InChI=1S/C12H21N3O2.ClH/c1-5-8(2)10-6-11(17-15-10)12(16)14-7-9(3)13-4;/h6,8-9,13H,5,7H2,1-4H3,(H,14,16);1H. The summed E-state index contributed by atoms with van der Waals surface area (Å²) in [5, 5.41) is 9.73. The number of carbonyl (C=O) groups is 1. The molecule has 0 aromatic carbocycles. The molecule has 5 nitrogen and oxygen atoms in total. The average molecular weight is 276 g/mol. The van der Waals surface area contributed by atoms with Gasteiger partial charge in [-0.2, -0.15) is 0 Å². The fourth-order valence-electron chi connectivity index (χ4n) is 1.27. The predicted octanol–water partition coefficient (Wildman–Crippen LogP) is 1.95. The molecule has 2 unspecified atom stereocenters. The number of hydrogen-bond donors (Lipinski definition) is 2. The highest BCUT2D eigenvalue weighted by molar-refractivity contribution is 5.91. The Bertz CT molecular complexity index is 368. The lowest BCUT2D eigenvalue weighted by atomic mass is 10.1. The minimum atomic E-state index is -0.214. The van der Waals surface area contributed by atoms with Crippen molar-refractivity contribution in [3.63, 3.8) is 0 Å². The zero-order valence-corrected chi connectivity index (χ0v) is 12.1. The van der Waals surface area contributed by atoms with Gasteiger partial charge in [-0.3, -0.25) is 4.79 Å². The van der Waals surface area contributed by atoms with E-state index < -0.39 is 0 Å². The quantitative estimate of drug-likeness (QED) is 0.833. The van der Waals surface area contributed by atoms with E-state index in [-0.39, 0.29) is 30.1 Å². The minimum Gasteiger partial charge on any atom is -0.351 e. The molecule has 0 radical (unpaired) electrons. The molecule has 0 saturated carbocycles. The Morgan fingerprint density at radius 1 is 1.50 bits per heavy atom. The van der Waals surface area contributed by atoms with Crippen LogP contribution in [0.5, 0.6) is 0 Å². The van der Waals surface area contributed by atoms with Crippen molar-refractivity contribution in [2.45, 2.75) is 39.2 Å². The van der Waals surface area contributed by atoms with Crippen molar-refractivity contribution in [1.82, 2.24) is 15.8 Å². The molecule has 1 amide bonds. The lowest BCUT2D eigenvalue weighted by molar-refractivity contribution is 0.0913. The topological polar surface area (TPSA) is 67.2 Å². The number of carbonyl (C=O) groups excluding carboxylic acids is 1. The van der Waals surface area contributed by atoms with E-state index in [2.05, 4.69) is 29.6 Å². The highest BCUT2D eigenvalue weighted by atomic mass is 35.5. The fourth-order valence-corrected chi connectivity index (χ4v) is 1.27. The Kier molecular flexibility index (Phi) is 7.62. The van der Waals surface area contributed by atoms with Crippen LogP contribution in [0.15, 0.2) is 10.6 Å². The van der Waals surface area contributed by atoms with E-state index in [1.807, 2.05) is 14.0 Å². The SMILES string of the molecule is CCC(C)c1cc(C(=O)NCC(C)NC)on1.Cl. The van der Waals surface area contributed by atoms with Gasteiger partial charge < -0.3 is 15.2 Å². The number of hydrogen-bond acceptors (Lipinski definition) is 4. The lowest BCUT2D eigenvalue weighted by Crippen LogP contribution is -2.37. The fraction of sp³-hybridized carbons (Fsp3) is 0.667. The van der Waals surface area contributed by atoms with Crippen LogP contribution >= 0.6 is 12.4 Å². The van der Waals surface area contributed by atoms with Gasteiger partial charge in [-0.05, 0) is 20.4 Å². The van der Waals surface area contributed by atoms with Crippen molar-refractivity contribution >= 4 is 18.3 Å². The summed E-state index contributed by atoms with van der Waals surface area (Å²) in [6.07, 6.45) is 0.977. The second kappa shape index (κ2) is 8.11. The van der Waals surface area contributed by atoms with Gasteiger partial charge in [0.15, 0.2) is 0 Å². The van der Waals surface area contributed by atoms with E-state index in [9.17, 15) is 4.79 Å². The number of nitrogens with one attached hydrogen (secondary N) is 2. The van der Waals surface area contributed by atoms with Crippen LogP contribution < -0.4 is 10.6 Å². The first-order valence-corrected chi connectivity index (χ1v) is 6.00. The molecule has 104 valence electrons. The molecule has 1 rings (SSSR count). The van der Waals surface area contributed by atoms with Gasteiger partial charge in [0.2, 0.25) is 5.76 Å². The molecule has 6 heteroatoms. The van der Waals surface area contributed by atoms with E-state index >= 15 is 0 Å². The van der Waals surface area contributed by atoms with Crippen LogP contribution in [0.3, 0.4) is 0 Å². The highest BCUT2D eigenvalue weighted by Gasteiger charge is 2.15. The maximum Gasteiger partial charge on any atom is 0.289 e. The zero-order chi connectivity index (χ0) is 12.8. The van der Waals surface area contributed by atoms with Gasteiger partial charge in [0.25, 0.3) is 5.91 Å². The van der Waals surface area contributed by atoms with Crippen molar-refractivity contribution in [2.75, 3.05) is 13.6 Å². The number of amides is 1. The number of likely N-dealkylation sites (N-methyl/N-ethyl adjacent to an activating group) is 1. The summed E-state index contributed by atoms with van der Waals surface area (Å²) < 4.78 is 5.03. The van der Waals surface area contributed by atoms with Crippen molar-refractivity contribution in [3.05, 3.63) is 17.5 Å². The Morgan fingerprint density at radius 3 is 2.72 bits per heavy atom.